The fourth-order valence-electron chi connectivity index (χ4n) is 1.84. The average molecular weight is 275 g/mol. The van der Waals surface area contributed by atoms with Crippen molar-refractivity contribution in [2.24, 2.45) is 0 Å². The van der Waals surface area contributed by atoms with Crippen LogP contribution in [0.1, 0.15) is 25.6 Å². The monoisotopic (exact) mass is 275 g/mol. The zero-order chi connectivity index (χ0) is 13.7. The molecule has 102 valence electrons. The van der Waals surface area contributed by atoms with Crippen LogP contribution in [0, 0.1) is 0 Å². The Balaban J connectivity index is 2.12. The molecular weight excluding hydrogens is 254 g/mol. The average Bonchev–Trinajstić information content (AvgIpc) is 2.87. The molecule has 0 aliphatic rings. The van der Waals surface area contributed by atoms with E-state index in [1.807, 2.05) is 12.3 Å². The van der Waals surface area contributed by atoms with Gasteiger partial charge in [-0.2, -0.15) is 0 Å². The summed E-state index contributed by atoms with van der Waals surface area (Å²) >= 11 is 1.75. The van der Waals surface area contributed by atoms with Gasteiger partial charge in [0.2, 0.25) is 0 Å². The van der Waals surface area contributed by atoms with Gasteiger partial charge in [-0.05, 0) is 19.1 Å². The summed E-state index contributed by atoms with van der Waals surface area (Å²) in [5, 5.41) is 4.49. The van der Waals surface area contributed by atoms with E-state index >= 15 is 0 Å². The zero-order valence-electron chi connectivity index (χ0n) is 11.8. The second-order valence-corrected chi connectivity index (χ2v) is 5.82. The maximum absolute atomic E-state index is 4.55. The molecule has 3 nitrogen and oxygen atoms in total. The lowest BCUT2D eigenvalue weighted by Crippen LogP contribution is -2.21. The van der Waals surface area contributed by atoms with Crippen molar-refractivity contribution in [3.8, 4) is 0 Å². The maximum atomic E-state index is 4.55. The van der Waals surface area contributed by atoms with Crippen molar-refractivity contribution in [2.75, 3.05) is 11.4 Å². The molecule has 2 rings (SSSR count). The molecular formula is C15H21N3S. The van der Waals surface area contributed by atoms with E-state index in [0.717, 1.165) is 18.2 Å². The van der Waals surface area contributed by atoms with Gasteiger partial charge in [0, 0.05) is 35.9 Å². The predicted molar refractivity (Wildman–Crippen MR) is 83.2 cm³/mol. The van der Waals surface area contributed by atoms with Crippen molar-refractivity contribution >= 4 is 22.2 Å². The first-order valence-electron chi connectivity index (χ1n) is 6.71. The third-order valence-electron chi connectivity index (χ3n) is 2.84. The number of para-hydroxylation sites is 1. The van der Waals surface area contributed by atoms with Gasteiger partial charge in [-0.15, -0.1) is 11.3 Å². The minimum Gasteiger partial charge on any atom is -0.318 e. The highest BCUT2D eigenvalue weighted by Gasteiger charge is 2.11. The van der Waals surface area contributed by atoms with Crippen molar-refractivity contribution < 1.29 is 0 Å². The topological polar surface area (TPSA) is 28.2 Å². The highest BCUT2D eigenvalue weighted by Crippen LogP contribution is 2.29. The van der Waals surface area contributed by atoms with Crippen LogP contribution >= 0.6 is 11.3 Å². The molecule has 1 aromatic carbocycles. The van der Waals surface area contributed by atoms with Crippen molar-refractivity contribution in [3.63, 3.8) is 0 Å². The number of thiazole rings is 1. The molecule has 0 fully saturated rings. The van der Waals surface area contributed by atoms with Crippen LogP contribution in [0.25, 0.3) is 0 Å². The molecule has 1 N–H and O–H groups in total. The summed E-state index contributed by atoms with van der Waals surface area (Å²) in [7, 11) is 0. The third kappa shape index (κ3) is 3.78. The van der Waals surface area contributed by atoms with Gasteiger partial charge in [0.05, 0.1) is 0 Å². The van der Waals surface area contributed by atoms with Crippen LogP contribution < -0.4 is 10.2 Å². The Morgan fingerprint density at radius 1 is 1.26 bits per heavy atom. The first-order valence-corrected chi connectivity index (χ1v) is 7.53. The highest BCUT2D eigenvalue weighted by molar-refractivity contribution is 7.15. The first-order chi connectivity index (χ1) is 9.20. The van der Waals surface area contributed by atoms with Gasteiger partial charge in [0.25, 0.3) is 0 Å². The number of hydrogen-bond acceptors (Lipinski definition) is 4. The Morgan fingerprint density at radius 2 is 2.00 bits per heavy atom. The minimum atomic E-state index is 0.502. The fraction of sp³-hybridized carbons (Fsp3) is 0.400. The summed E-state index contributed by atoms with van der Waals surface area (Å²) in [6, 6.07) is 10.9. The highest BCUT2D eigenvalue weighted by atomic mass is 32.1. The van der Waals surface area contributed by atoms with E-state index in [-0.39, 0.29) is 0 Å². The van der Waals surface area contributed by atoms with Crippen LogP contribution in [0.15, 0.2) is 36.5 Å². The van der Waals surface area contributed by atoms with Gasteiger partial charge in [0.15, 0.2) is 5.13 Å². The molecule has 19 heavy (non-hydrogen) atoms. The number of benzene rings is 1. The van der Waals surface area contributed by atoms with Crippen LogP contribution in [0.5, 0.6) is 0 Å². The summed E-state index contributed by atoms with van der Waals surface area (Å²) in [6.45, 7) is 8.28. The predicted octanol–water partition coefficient (Wildman–Crippen LogP) is 3.80. The van der Waals surface area contributed by atoms with E-state index in [1.54, 1.807) is 11.3 Å². The van der Waals surface area contributed by atoms with Gasteiger partial charge in [-0.1, -0.05) is 32.0 Å². The van der Waals surface area contributed by atoms with E-state index in [0.29, 0.717) is 6.04 Å². The van der Waals surface area contributed by atoms with Crippen LogP contribution in [0.4, 0.5) is 10.8 Å². The summed E-state index contributed by atoms with van der Waals surface area (Å²) in [4.78, 5) is 8.06. The number of anilines is 2. The van der Waals surface area contributed by atoms with Crippen LogP contribution in [0.2, 0.25) is 0 Å². The molecule has 0 radical (unpaired) electrons. The van der Waals surface area contributed by atoms with Crippen molar-refractivity contribution in [3.05, 3.63) is 41.4 Å². The van der Waals surface area contributed by atoms with Crippen molar-refractivity contribution in [2.45, 2.75) is 33.4 Å². The smallest absolute Gasteiger partial charge is 0.190 e. The van der Waals surface area contributed by atoms with Crippen LogP contribution in [-0.4, -0.2) is 17.6 Å². The summed E-state index contributed by atoms with van der Waals surface area (Å²) in [6.07, 6.45) is 1.97. The van der Waals surface area contributed by atoms with Gasteiger partial charge in [-0.3, -0.25) is 0 Å². The molecule has 0 unspecified atom stereocenters. The lowest BCUT2D eigenvalue weighted by atomic mass is 10.3. The third-order valence-corrected chi connectivity index (χ3v) is 3.86. The Morgan fingerprint density at radius 3 is 2.63 bits per heavy atom. The summed E-state index contributed by atoms with van der Waals surface area (Å²) in [5.74, 6) is 0. The van der Waals surface area contributed by atoms with Gasteiger partial charge in [-0.25, -0.2) is 4.98 Å². The summed E-state index contributed by atoms with van der Waals surface area (Å²) < 4.78 is 0. The van der Waals surface area contributed by atoms with Gasteiger partial charge < -0.3 is 10.2 Å². The molecule has 0 saturated heterocycles. The SMILES string of the molecule is CCN(c1ccccc1)c1ncc(CNC(C)C)s1. The normalized spacial score (nSPS) is 10.9. The van der Waals surface area contributed by atoms with Crippen LogP contribution in [-0.2, 0) is 6.54 Å². The molecule has 0 aliphatic carbocycles. The Kier molecular flexibility index (Phi) is 4.93. The fourth-order valence-corrected chi connectivity index (χ4v) is 2.79. The Hall–Kier alpha value is -1.39. The molecule has 4 heteroatoms. The Labute approximate surface area is 119 Å². The second-order valence-electron chi connectivity index (χ2n) is 4.72. The number of rotatable bonds is 6. The standard InChI is InChI=1S/C15H21N3S/c1-4-18(13-8-6-5-7-9-13)15-17-11-14(19-15)10-16-12(2)3/h5-9,11-12,16H,4,10H2,1-3H3. The van der Waals surface area contributed by atoms with E-state index in [4.69, 9.17) is 0 Å². The number of aromatic nitrogens is 1. The first kappa shape index (κ1) is 14.0. The molecule has 0 spiro atoms. The van der Waals surface area contributed by atoms with E-state index in [2.05, 4.69) is 60.2 Å². The lowest BCUT2D eigenvalue weighted by molar-refractivity contribution is 0.593. The quantitative estimate of drug-likeness (QED) is 0.869. The molecule has 1 aromatic heterocycles. The van der Waals surface area contributed by atoms with E-state index in [1.165, 1.54) is 10.6 Å². The number of hydrogen-bond donors (Lipinski definition) is 1. The van der Waals surface area contributed by atoms with E-state index < -0.39 is 0 Å². The summed E-state index contributed by atoms with van der Waals surface area (Å²) in [5.41, 5.74) is 1.20. The maximum Gasteiger partial charge on any atom is 0.190 e. The van der Waals surface area contributed by atoms with Crippen molar-refractivity contribution in [1.82, 2.24) is 10.3 Å². The molecule has 0 aliphatic heterocycles. The molecule has 0 atom stereocenters. The Bertz CT molecular complexity index is 493. The van der Waals surface area contributed by atoms with Gasteiger partial charge in [0.1, 0.15) is 0 Å². The van der Waals surface area contributed by atoms with Crippen LogP contribution in [0.3, 0.4) is 0 Å². The number of nitrogens with one attached hydrogen (secondary N) is 1. The van der Waals surface area contributed by atoms with Gasteiger partial charge >= 0.3 is 0 Å². The molecule has 0 amide bonds. The molecule has 0 saturated carbocycles. The number of nitrogens with zero attached hydrogens (tertiary/aromatic N) is 2. The molecule has 1 heterocycles. The van der Waals surface area contributed by atoms with Crippen molar-refractivity contribution in [1.29, 1.82) is 0 Å². The van der Waals surface area contributed by atoms with E-state index in [9.17, 15) is 0 Å². The second kappa shape index (κ2) is 6.68. The largest absolute Gasteiger partial charge is 0.318 e. The lowest BCUT2D eigenvalue weighted by Gasteiger charge is -2.19. The zero-order valence-corrected chi connectivity index (χ0v) is 12.6. The molecule has 2 aromatic rings. The molecule has 0 bridgehead atoms. The minimum absolute atomic E-state index is 0.502.